The van der Waals surface area contributed by atoms with Gasteiger partial charge in [0.25, 0.3) is 5.91 Å². The topological polar surface area (TPSA) is 99.3 Å². The third kappa shape index (κ3) is 2.80. The number of rotatable bonds is 2. The Morgan fingerprint density at radius 1 is 1.43 bits per heavy atom. The largest absolute Gasteiger partial charge is 0.366 e. The summed E-state index contributed by atoms with van der Waals surface area (Å²) in [5.41, 5.74) is 7.78. The number of fused-ring (bicyclic) bond motifs is 1. The molecule has 3 rings (SSSR count). The van der Waals surface area contributed by atoms with Gasteiger partial charge in [-0.3, -0.25) is 13.9 Å². The summed E-state index contributed by atoms with van der Waals surface area (Å²) in [7, 11) is -2.56. The molecule has 1 aliphatic heterocycles. The van der Waals surface area contributed by atoms with Crippen molar-refractivity contribution < 1.29 is 13.9 Å². The van der Waals surface area contributed by atoms with Crippen LogP contribution in [0, 0.1) is 0 Å². The maximum absolute atomic E-state index is 11.7. The molecule has 0 aliphatic carbocycles. The van der Waals surface area contributed by atoms with E-state index in [2.05, 4.69) is 20.9 Å². The lowest BCUT2D eigenvalue weighted by Gasteiger charge is -2.52. The van der Waals surface area contributed by atoms with Crippen LogP contribution in [0.5, 0.6) is 0 Å². The number of H-pyrrole nitrogens is 1. The molecule has 1 aromatic heterocycles. The Hall–Kier alpha value is -1.02. The number of hydrogen-bond donors (Lipinski definition) is 4. The zero-order valence-corrected chi connectivity index (χ0v) is 15.5. The van der Waals surface area contributed by atoms with Gasteiger partial charge in [-0.15, -0.1) is 0 Å². The van der Waals surface area contributed by atoms with Crippen molar-refractivity contribution in [2.45, 2.75) is 37.4 Å². The molecule has 7 heteroatoms. The Morgan fingerprint density at radius 2 is 2.13 bits per heavy atom. The second kappa shape index (κ2) is 5.51. The quantitative estimate of drug-likeness (QED) is 0.599. The van der Waals surface area contributed by atoms with E-state index in [0.29, 0.717) is 17.7 Å². The second-order valence-corrected chi connectivity index (χ2v) is 10.6. The average Bonchev–Trinajstić information content (AvgIpc) is 2.84. The molecule has 1 aliphatic rings. The van der Waals surface area contributed by atoms with E-state index in [1.807, 2.05) is 26.1 Å². The highest BCUT2D eigenvalue weighted by Crippen LogP contribution is 2.61. The fraction of sp³-hybridized carbons (Fsp3) is 0.438. The highest BCUT2D eigenvalue weighted by Gasteiger charge is 2.41. The predicted octanol–water partition coefficient (Wildman–Crippen LogP) is 4.44. The summed E-state index contributed by atoms with van der Waals surface area (Å²) < 4.78 is 20.8. The van der Waals surface area contributed by atoms with E-state index < -0.39 is 21.2 Å². The Bertz CT molecular complexity index is 785. The summed E-state index contributed by atoms with van der Waals surface area (Å²) in [5.74, 6) is 0.158. The van der Waals surface area contributed by atoms with Crippen molar-refractivity contribution in [1.29, 1.82) is 0 Å². The van der Waals surface area contributed by atoms with Gasteiger partial charge in [0.05, 0.1) is 15.8 Å². The first-order valence-corrected chi connectivity index (χ1v) is 9.99. The van der Waals surface area contributed by atoms with Gasteiger partial charge in [0.15, 0.2) is 0 Å². The SMILES string of the molecule is CC1(C)C[C@H](c2c[nH]c3c(C(N)=O)cc(Br)cc23)CCS1(O)O. The minimum Gasteiger partial charge on any atom is -0.366 e. The highest BCUT2D eigenvalue weighted by atomic mass is 79.9. The van der Waals surface area contributed by atoms with Gasteiger partial charge in [-0.25, -0.2) is 0 Å². The number of aromatic nitrogens is 1. The molecule has 1 amide bonds. The molecule has 23 heavy (non-hydrogen) atoms. The number of aromatic amines is 1. The Labute approximate surface area is 145 Å². The maximum Gasteiger partial charge on any atom is 0.250 e. The van der Waals surface area contributed by atoms with E-state index in [1.165, 1.54) is 0 Å². The van der Waals surface area contributed by atoms with Crippen LogP contribution in [-0.4, -0.2) is 30.5 Å². The van der Waals surface area contributed by atoms with Crippen LogP contribution in [0.1, 0.15) is 48.5 Å². The lowest BCUT2D eigenvalue weighted by Crippen LogP contribution is -2.36. The second-order valence-electron chi connectivity index (χ2n) is 6.80. The number of carbonyl (C=O) groups is 1. The highest BCUT2D eigenvalue weighted by molar-refractivity contribution is 9.10. The van der Waals surface area contributed by atoms with Crippen LogP contribution in [-0.2, 0) is 0 Å². The zero-order valence-electron chi connectivity index (χ0n) is 13.1. The van der Waals surface area contributed by atoms with Crippen molar-refractivity contribution >= 4 is 43.3 Å². The molecule has 5 nitrogen and oxygen atoms in total. The molecule has 0 saturated carbocycles. The number of halogens is 1. The third-order valence-electron chi connectivity index (χ3n) is 4.87. The predicted molar refractivity (Wildman–Crippen MR) is 98.3 cm³/mol. The molecule has 1 atom stereocenters. The van der Waals surface area contributed by atoms with Crippen molar-refractivity contribution in [3.8, 4) is 0 Å². The molecule has 0 bridgehead atoms. The summed E-state index contributed by atoms with van der Waals surface area (Å²) in [4.78, 5) is 14.8. The monoisotopic (exact) mass is 400 g/mol. The van der Waals surface area contributed by atoms with Crippen LogP contribution in [0.15, 0.2) is 22.8 Å². The number of hydrogen-bond acceptors (Lipinski definition) is 3. The van der Waals surface area contributed by atoms with E-state index >= 15 is 0 Å². The number of carbonyl (C=O) groups excluding carboxylic acids is 1. The molecule has 0 radical (unpaired) electrons. The molecule has 1 aromatic carbocycles. The first-order chi connectivity index (χ1) is 10.6. The first kappa shape index (κ1) is 16.8. The fourth-order valence-corrected chi connectivity index (χ4v) is 5.52. The fourth-order valence-electron chi connectivity index (χ4n) is 3.43. The Balaban J connectivity index is 2.07. The lowest BCUT2D eigenvalue weighted by atomic mass is 9.87. The van der Waals surface area contributed by atoms with Gasteiger partial charge in [-0.2, -0.15) is 10.6 Å². The molecule has 1 fully saturated rings. The molecule has 5 N–H and O–H groups in total. The first-order valence-electron chi connectivity index (χ1n) is 7.48. The van der Waals surface area contributed by atoms with Gasteiger partial charge in [0, 0.05) is 21.8 Å². The maximum atomic E-state index is 11.7. The standard InChI is InChI=1S/C16H21BrN2O3S/c1-16(2)7-9(3-4-23(16,21)22)13-8-19-14-11(13)5-10(17)6-12(14)15(18)20/h5-6,8-9,19,21-22H,3-4,7H2,1-2H3,(H2,18,20)/t9-/m1/s1. The van der Waals surface area contributed by atoms with Gasteiger partial charge in [0.2, 0.25) is 0 Å². The van der Waals surface area contributed by atoms with Crippen molar-refractivity contribution in [2.75, 3.05) is 5.75 Å². The van der Waals surface area contributed by atoms with Crippen molar-refractivity contribution in [1.82, 2.24) is 4.98 Å². The van der Waals surface area contributed by atoms with E-state index in [-0.39, 0.29) is 5.92 Å². The van der Waals surface area contributed by atoms with Crippen LogP contribution in [0.2, 0.25) is 0 Å². The summed E-state index contributed by atoms with van der Waals surface area (Å²) in [5, 5.41) is 0.965. The van der Waals surface area contributed by atoms with Gasteiger partial charge < -0.3 is 10.7 Å². The van der Waals surface area contributed by atoms with Crippen LogP contribution < -0.4 is 5.73 Å². The third-order valence-corrected chi connectivity index (χ3v) is 8.06. The average molecular weight is 401 g/mol. The van der Waals surface area contributed by atoms with Gasteiger partial charge in [-0.1, -0.05) is 15.9 Å². The molecular weight excluding hydrogens is 380 g/mol. The Morgan fingerprint density at radius 3 is 2.74 bits per heavy atom. The minimum absolute atomic E-state index is 0.216. The molecule has 1 saturated heterocycles. The lowest BCUT2D eigenvalue weighted by molar-refractivity contribution is 0.100. The molecule has 126 valence electrons. The molecular formula is C16H21BrN2O3S. The van der Waals surface area contributed by atoms with E-state index in [4.69, 9.17) is 5.73 Å². The van der Waals surface area contributed by atoms with Crippen LogP contribution in [0.25, 0.3) is 10.9 Å². The van der Waals surface area contributed by atoms with Crippen molar-refractivity contribution in [2.24, 2.45) is 5.73 Å². The van der Waals surface area contributed by atoms with E-state index in [9.17, 15) is 13.9 Å². The van der Waals surface area contributed by atoms with Gasteiger partial charge in [0.1, 0.15) is 0 Å². The number of primary amides is 1. The number of nitrogens with two attached hydrogens (primary N) is 1. The molecule has 0 unspecified atom stereocenters. The summed E-state index contributed by atoms with van der Waals surface area (Å²) in [6, 6.07) is 3.69. The van der Waals surface area contributed by atoms with Crippen LogP contribution >= 0.6 is 26.5 Å². The van der Waals surface area contributed by atoms with E-state index in [0.717, 1.165) is 27.4 Å². The van der Waals surface area contributed by atoms with E-state index in [1.54, 1.807) is 6.07 Å². The smallest absolute Gasteiger partial charge is 0.250 e. The minimum atomic E-state index is -2.56. The zero-order chi connectivity index (χ0) is 17.0. The molecule has 0 spiro atoms. The van der Waals surface area contributed by atoms with Crippen LogP contribution in [0.4, 0.5) is 0 Å². The summed E-state index contributed by atoms with van der Waals surface area (Å²) >= 11 is 3.44. The van der Waals surface area contributed by atoms with Crippen molar-refractivity contribution in [3.63, 3.8) is 0 Å². The summed E-state index contributed by atoms with van der Waals surface area (Å²) in [6.45, 7) is 3.82. The molecule has 2 heterocycles. The van der Waals surface area contributed by atoms with Crippen molar-refractivity contribution in [3.05, 3.63) is 33.9 Å². The number of benzene rings is 1. The van der Waals surface area contributed by atoms with Gasteiger partial charge >= 0.3 is 0 Å². The molecule has 2 aromatic rings. The van der Waals surface area contributed by atoms with Gasteiger partial charge in [-0.05, 0) is 50.3 Å². The summed E-state index contributed by atoms with van der Waals surface area (Å²) in [6.07, 6.45) is 3.33. The number of amides is 1. The van der Waals surface area contributed by atoms with Crippen LogP contribution in [0.3, 0.4) is 0 Å². The number of nitrogens with one attached hydrogen (secondary N) is 1. The normalized spacial score (nSPS) is 24.5. The Kier molecular flexibility index (Phi) is 4.03.